The quantitative estimate of drug-likeness (QED) is 0.476. The van der Waals surface area contributed by atoms with Crippen LogP contribution in [0, 0.1) is 0 Å². The first-order valence-corrected chi connectivity index (χ1v) is 5.45. The van der Waals surface area contributed by atoms with E-state index in [9.17, 15) is 4.39 Å². The van der Waals surface area contributed by atoms with Gasteiger partial charge in [0.25, 0.3) is 0 Å². The molecule has 0 spiro atoms. The first-order chi connectivity index (χ1) is 5.81. The summed E-state index contributed by atoms with van der Waals surface area (Å²) in [5.74, 6) is 0. The molecule has 0 atom stereocenters. The first kappa shape index (κ1) is 11.9. The molecule has 0 aliphatic heterocycles. The molecule has 0 aliphatic rings. The van der Waals surface area contributed by atoms with Crippen LogP contribution in [0.5, 0.6) is 0 Å². The SMILES string of the molecule is CCCCCC(F)CCCCC. The number of halogens is 1. The van der Waals surface area contributed by atoms with Gasteiger partial charge >= 0.3 is 0 Å². The van der Waals surface area contributed by atoms with E-state index in [0.29, 0.717) is 0 Å². The lowest BCUT2D eigenvalue weighted by Gasteiger charge is -2.06. The summed E-state index contributed by atoms with van der Waals surface area (Å²) in [4.78, 5) is 0. The molecule has 74 valence electrons. The fourth-order valence-electron chi connectivity index (χ4n) is 1.38. The van der Waals surface area contributed by atoms with Gasteiger partial charge in [-0.25, -0.2) is 4.39 Å². The Hall–Kier alpha value is -0.0700. The number of alkyl halides is 1. The van der Waals surface area contributed by atoms with E-state index in [1.165, 1.54) is 25.7 Å². The maximum absolute atomic E-state index is 13.0. The van der Waals surface area contributed by atoms with Gasteiger partial charge < -0.3 is 0 Å². The molecule has 0 aromatic rings. The predicted octanol–water partition coefficient (Wildman–Crippen LogP) is 4.49. The molecule has 0 amide bonds. The van der Waals surface area contributed by atoms with Gasteiger partial charge in [0.15, 0.2) is 0 Å². The van der Waals surface area contributed by atoms with Gasteiger partial charge in [0.05, 0.1) is 0 Å². The second-order valence-corrected chi connectivity index (χ2v) is 3.59. The van der Waals surface area contributed by atoms with Crippen LogP contribution in [0.1, 0.15) is 65.2 Å². The lowest BCUT2D eigenvalue weighted by atomic mass is 10.1. The Kier molecular flexibility index (Phi) is 8.97. The highest BCUT2D eigenvalue weighted by molar-refractivity contribution is 4.56. The lowest BCUT2D eigenvalue weighted by Crippen LogP contribution is -1.99. The molecule has 0 heterocycles. The van der Waals surface area contributed by atoms with Crippen LogP contribution in [0.15, 0.2) is 0 Å². The van der Waals surface area contributed by atoms with E-state index >= 15 is 0 Å². The van der Waals surface area contributed by atoms with Crippen molar-refractivity contribution in [3.63, 3.8) is 0 Å². The summed E-state index contributed by atoms with van der Waals surface area (Å²) in [7, 11) is 0. The average Bonchev–Trinajstić information content (AvgIpc) is 2.06. The minimum atomic E-state index is -0.525. The fourth-order valence-corrected chi connectivity index (χ4v) is 1.38. The third-order valence-corrected chi connectivity index (χ3v) is 2.24. The van der Waals surface area contributed by atoms with E-state index in [1.54, 1.807) is 0 Å². The van der Waals surface area contributed by atoms with Crippen LogP contribution in [-0.4, -0.2) is 6.17 Å². The molecule has 0 aliphatic carbocycles. The van der Waals surface area contributed by atoms with Gasteiger partial charge in [-0.05, 0) is 12.8 Å². The van der Waals surface area contributed by atoms with Crippen molar-refractivity contribution >= 4 is 0 Å². The second kappa shape index (κ2) is 9.02. The number of hydrogen-bond donors (Lipinski definition) is 0. The lowest BCUT2D eigenvalue weighted by molar-refractivity contribution is 0.280. The summed E-state index contributed by atoms with van der Waals surface area (Å²) < 4.78 is 13.0. The fraction of sp³-hybridized carbons (Fsp3) is 1.00. The van der Waals surface area contributed by atoms with Crippen LogP contribution in [0.25, 0.3) is 0 Å². The van der Waals surface area contributed by atoms with E-state index in [1.807, 2.05) is 0 Å². The highest BCUT2D eigenvalue weighted by Gasteiger charge is 2.04. The maximum atomic E-state index is 13.0. The first-order valence-electron chi connectivity index (χ1n) is 5.45. The van der Waals surface area contributed by atoms with Crippen LogP contribution in [0.2, 0.25) is 0 Å². The van der Waals surface area contributed by atoms with Crippen molar-refractivity contribution in [3.8, 4) is 0 Å². The molecule has 0 bridgehead atoms. The van der Waals surface area contributed by atoms with Crippen LogP contribution in [0.3, 0.4) is 0 Å². The Bertz CT molecular complexity index is 71.1. The van der Waals surface area contributed by atoms with Crippen molar-refractivity contribution in [2.45, 2.75) is 71.4 Å². The van der Waals surface area contributed by atoms with E-state index < -0.39 is 6.17 Å². The van der Waals surface area contributed by atoms with Gasteiger partial charge in [-0.2, -0.15) is 0 Å². The molecule has 0 aromatic heterocycles. The average molecular weight is 174 g/mol. The molecular weight excluding hydrogens is 151 g/mol. The minimum Gasteiger partial charge on any atom is -0.247 e. The van der Waals surface area contributed by atoms with Crippen LogP contribution >= 0.6 is 0 Å². The third kappa shape index (κ3) is 8.03. The number of hydrogen-bond acceptors (Lipinski definition) is 0. The van der Waals surface area contributed by atoms with Crippen LogP contribution in [-0.2, 0) is 0 Å². The van der Waals surface area contributed by atoms with Crippen LogP contribution in [0.4, 0.5) is 4.39 Å². The number of rotatable bonds is 8. The molecule has 1 heteroatoms. The van der Waals surface area contributed by atoms with E-state index in [0.717, 1.165) is 25.7 Å². The summed E-state index contributed by atoms with van der Waals surface area (Å²) in [5, 5.41) is 0. The summed E-state index contributed by atoms with van der Waals surface area (Å²) >= 11 is 0. The van der Waals surface area contributed by atoms with E-state index in [4.69, 9.17) is 0 Å². The Labute approximate surface area is 76.6 Å². The highest BCUT2D eigenvalue weighted by Crippen LogP contribution is 2.13. The molecule has 0 N–H and O–H groups in total. The highest BCUT2D eigenvalue weighted by atomic mass is 19.1. The van der Waals surface area contributed by atoms with Gasteiger partial charge in [0.2, 0.25) is 0 Å². The van der Waals surface area contributed by atoms with Gasteiger partial charge in [0.1, 0.15) is 6.17 Å². The Morgan fingerprint density at radius 2 is 1.25 bits per heavy atom. The molecule has 0 saturated heterocycles. The van der Waals surface area contributed by atoms with Crippen LogP contribution < -0.4 is 0 Å². The van der Waals surface area contributed by atoms with Gasteiger partial charge in [-0.15, -0.1) is 0 Å². The Morgan fingerprint density at radius 1 is 0.833 bits per heavy atom. The van der Waals surface area contributed by atoms with Crippen molar-refractivity contribution in [1.82, 2.24) is 0 Å². The summed E-state index contributed by atoms with van der Waals surface area (Å²) in [6.45, 7) is 4.31. The zero-order valence-electron chi connectivity index (χ0n) is 8.61. The summed E-state index contributed by atoms with van der Waals surface area (Å²) in [6.07, 6.45) is 7.97. The Balaban J connectivity index is 3.04. The van der Waals surface area contributed by atoms with E-state index in [2.05, 4.69) is 13.8 Å². The molecule has 0 fully saturated rings. The van der Waals surface area contributed by atoms with Crippen molar-refractivity contribution in [1.29, 1.82) is 0 Å². The smallest absolute Gasteiger partial charge is 0.100 e. The van der Waals surface area contributed by atoms with Gasteiger partial charge in [-0.3, -0.25) is 0 Å². The molecular formula is C11H23F. The zero-order valence-corrected chi connectivity index (χ0v) is 8.61. The molecule has 12 heavy (non-hydrogen) atoms. The van der Waals surface area contributed by atoms with Gasteiger partial charge in [-0.1, -0.05) is 52.4 Å². The molecule has 0 nitrogen and oxygen atoms in total. The molecule has 0 aromatic carbocycles. The van der Waals surface area contributed by atoms with Gasteiger partial charge in [0, 0.05) is 0 Å². The van der Waals surface area contributed by atoms with Crippen molar-refractivity contribution in [2.24, 2.45) is 0 Å². The normalized spacial score (nSPS) is 11.0. The number of unbranched alkanes of at least 4 members (excludes halogenated alkanes) is 4. The molecule has 0 saturated carbocycles. The predicted molar refractivity (Wildman–Crippen MR) is 53.2 cm³/mol. The largest absolute Gasteiger partial charge is 0.247 e. The summed E-state index contributed by atoms with van der Waals surface area (Å²) in [6, 6.07) is 0. The maximum Gasteiger partial charge on any atom is 0.100 e. The monoisotopic (exact) mass is 174 g/mol. The molecule has 0 rings (SSSR count). The van der Waals surface area contributed by atoms with Crippen molar-refractivity contribution in [2.75, 3.05) is 0 Å². The standard InChI is InChI=1S/C11H23F/c1-3-5-7-9-11(12)10-8-6-4-2/h11H,3-10H2,1-2H3. The minimum absolute atomic E-state index is 0.525. The Morgan fingerprint density at radius 3 is 1.58 bits per heavy atom. The summed E-state index contributed by atoms with van der Waals surface area (Å²) in [5.41, 5.74) is 0. The van der Waals surface area contributed by atoms with Crippen molar-refractivity contribution < 1.29 is 4.39 Å². The van der Waals surface area contributed by atoms with Crippen molar-refractivity contribution in [3.05, 3.63) is 0 Å². The second-order valence-electron chi connectivity index (χ2n) is 3.59. The zero-order chi connectivity index (χ0) is 9.23. The topological polar surface area (TPSA) is 0 Å². The molecule has 0 radical (unpaired) electrons. The molecule has 0 unspecified atom stereocenters. The third-order valence-electron chi connectivity index (χ3n) is 2.24. The van der Waals surface area contributed by atoms with E-state index in [-0.39, 0.29) is 0 Å².